The van der Waals surface area contributed by atoms with Gasteiger partial charge in [-0.15, -0.1) is 0 Å². The van der Waals surface area contributed by atoms with Crippen molar-refractivity contribution >= 4 is 16.6 Å². The molecule has 2 heterocycles. The lowest BCUT2D eigenvalue weighted by Gasteiger charge is -2.29. The number of nitrogens with zero attached hydrogens (tertiary/aromatic N) is 3. The maximum absolute atomic E-state index is 4.54. The van der Waals surface area contributed by atoms with Crippen LogP contribution in [-0.4, -0.2) is 36.0 Å². The molecule has 4 nitrogen and oxygen atoms in total. The Morgan fingerprint density at radius 3 is 2.52 bits per heavy atom. The SMILES string of the molecule is c1ccc(-n2ncc3ccc(N4CCNCC4)cc32)cc1. The molecule has 0 spiro atoms. The highest BCUT2D eigenvalue weighted by molar-refractivity contribution is 5.84. The summed E-state index contributed by atoms with van der Waals surface area (Å²) >= 11 is 0. The molecule has 1 N–H and O–H groups in total. The molecule has 0 aliphatic carbocycles. The van der Waals surface area contributed by atoms with Gasteiger partial charge in [-0.25, -0.2) is 4.68 Å². The highest BCUT2D eigenvalue weighted by atomic mass is 15.3. The summed E-state index contributed by atoms with van der Waals surface area (Å²) in [6.45, 7) is 4.22. The fraction of sp³-hybridized carbons (Fsp3) is 0.235. The molecule has 3 aromatic rings. The van der Waals surface area contributed by atoms with Crippen molar-refractivity contribution in [2.24, 2.45) is 0 Å². The molecule has 0 radical (unpaired) electrons. The predicted octanol–water partition coefficient (Wildman–Crippen LogP) is 2.44. The average Bonchev–Trinajstić information content (AvgIpc) is 2.99. The molecule has 0 bridgehead atoms. The number of benzene rings is 2. The van der Waals surface area contributed by atoms with Crippen LogP contribution in [0.2, 0.25) is 0 Å². The number of piperazine rings is 1. The third-order valence-corrected chi connectivity index (χ3v) is 4.04. The van der Waals surface area contributed by atoms with Crippen molar-refractivity contribution in [3.05, 3.63) is 54.7 Å². The van der Waals surface area contributed by atoms with Crippen molar-refractivity contribution in [2.75, 3.05) is 31.1 Å². The molecule has 1 saturated heterocycles. The summed E-state index contributed by atoms with van der Waals surface area (Å²) < 4.78 is 2.01. The van der Waals surface area contributed by atoms with Gasteiger partial charge in [-0.05, 0) is 30.3 Å². The van der Waals surface area contributed by atoms with Crippen LogP contribution in [0.3, 0.4) is 0 Å². The number of nitrogens with one attached hydrogen (secondary N) is 1. The van der Waals surface area contributed by atoms with Crippen molar-refractivity contribution in [2.45, 2.75) is 0 Å². The Labute approximate surface area is 124 Å². The van der Waals surface area contributed by atoms with E-state index in [1.54, 1.807) is 0 Å². The Hall–Kier alpha value is -2.33. The molecule has 1 aliphatic rings. The van der Waals surface area contributed by atoms with E-state index in [2.05, 4.69) is 45.6 Å². The second-order valence-electron chi connectivity index (χ2n) is 5.37. The molecule has 2 aromatic carbocycles. The fourth-order valence-corrected chi connectivity index (χ4v) is 2.90. The molecule has 0 atom stereocenters. The van der Waals surface area contributed by atoms with Gasteiger partial charge in [0.15, 0.2) is 0 Å². The zero-order chi connectivity index (χ0) is 14.1. The molecule has 106 valence electrons. The predicted molar refractivity (Wildman–Crippen MR) is 86.2 cm³/mol. The maximum Gasteiger partial charge on any atom is 0.0761 e. The van der Waals surface area contributed by atoms with Crippen LogP contribution in [0.25, 0.3) is 16.6 Å². The van der Waals surface area contributed by atoms with Gasteiger partial charge >= 0.3 is 0 Å². The number of para-hydroxylation sites is 1. The van der Waals surface area contributed by atoms with Crippen LogP contribution in [0, 0.1) is 0 Å². The Morgan fingerprint density at radius 2 is 1.71 bits per heavy atom. The van der Waals surface area contributed by atoms with Crippen LogP contribution in [0.15, 0.2) is 54.7 Å². The van der Waals surface area contributed by atoms with Gasteiger partial charge in [0.25, 0.3) is 0 Å². The van der Waals surface area contributed by atoms with E-state index in [0.717, 1.165) is 37.4 Å². The van der Waals surface area contributed by atoms with Gasteiger partial charge in [0.05, 0.1) is 17.4 Å². The molecule has 4 rings (SSSR count). The minimum atomic E-state index is 1.05. The third-order valence-electron chi connectivity index (χ3n) is 4.04. The van der Waals surface area contributed by atoms with Gasteiger partial charge in [0, 0.05) is 37.3 Å². The van der Waals surface area contributed by atoms with E-state index in [9.17, 15) is 0 Å². The number of fused-ring (bicyclic) bond motifs is 1. The molecule has 1 aromatic heterocycles. The molecule has 1 aliphatic heterocycles. The zero-order valence-corrected chi connectivity index (χ0v) is 11.9. The van der Waals surface area contributed by atoms with E-state index in [1.807, 2.05) is 29.1 Å². The Bertz CT molecular complexity index is 742. The van der Waals surface area contributed by atoms with Crippen LogP contribution in [0.1, 0.15) is 0 Å². The highest BCUT2D eigenvalue weighted by Gasteiger charge is 2.12. The first-order chi connectivity index (χ1) is 10.4. The second-order valence-corrected chi connectivity index (χ2v) is 5.37. The maximum atomic E-state index is 4.54. The lowest BCUT2D eigenvalue weighted by atomic mass is 10.2. The molecular formula is C17H18N4. The lowest BCUT2D eigenvalue weighted by Crippen LogP contribution is -2.43. The van der Waals surface area contributed by atoms with Gasteiger partial charge in [-0.3, -0.25) is 0 Å². The lowest BCUT2D eigenvalue weighted by molar-refractivity contribution is 0.589. The summed E-state index contributed by atoms with van der Waals surface area (Å²) in [4.78, 5) is 2.43. The van der Waals surface area contributed by atoms with Crippen LogP contribution >= 0.6 is 0 Å². The molecule has 0 amide bonds. The van der Waals surface area contributed by atoms with E-state index >= 15 is 0 Å². The van der Waals surface area contributed by atoms with E-state index in [1.165, 1.54) is 11.1 Å². The van der Waals surface area contributed by atoms with Crippen LogP contribution < -0.4 is 10.2 Å². The molecule has 0 unspecified atom stereocenters. The number of hydrogen-bond donors (Lipinski definition) is 1. The summed E-state index contributed by atoms with van der Waals surface area (Å²) in [7, 11) is 0. The van der Waals surface area contributed by atoms with Crippen LogP contribution in [-0.2, 0) is 0 Å². The zero-order valence-electron chi connectivity index (χ0n) is 11.9. The summed E-state index contributed by atoms with van der Waals surface area (Å²) in [5.41, 5.74) is 3.55. The van der Waals surface area contributed by atoms with Gasteiger partial charge in [-0.2, -0.15) is 5.10 Å². The summed E-state index contributed by atoms with van der Waals surface area (Å²) in [5, 5.41) is 9.11. The first-order valence-electron chi connectivity index (χ1n) is 7.41. The van der Waals surface area contributed by atoms with Gasteiger partial charge < -0.3 is 10.2 Å². The van der Waals surface area contributed by atoms with Crippen molar-refractivity contribution < 1.29 is 0 Å². The number of aromatic nitrogens is 2. The van der Waals surface area contributed by atoms with E-state index in [4.69, 9.17) is 0 Å². The van der Waals surface area contributed by atoms with Gasteiger partial charge in [0.2, 0.25) is 0 Å². The molecule has 1 fully saturated rings. The Kier molecular flexibility index (Phi) is 3.09. The third kappa shape index (κ3) is 2.28. The average molecular weight is 278 g/mol. The quantitative estimate of drug-likeness (QED) is 0.781. The molecule has 0 saturated carbocycles. The minimum Gasteiger partial charge on any atom is -0.369 e. The van der Waals surface area contributed by atoms with Gasteiger partial charge in [-0.1, -0.05) is 18.2 Å². The number of rotatable bonds is 2. The highest BCUT2D eigenvalue weighted by Crippen LogP contribution is 2.24. The van der Waals surface area contributed by atoms with Crippen molar-refractivity contribution in [1.29, 1.82) is 0 Å². The molecular weight excluding hydrogens is 260 g/mol. The smallest absolute Gasteiger partial charge is 0.0761 e. The first kappa shape index (κ1) is 12.4. The standard InChI is InChI=1S/C17H18N4/c1-2-4-15(5-3-1)21-17-12-16(7-6-14(17)13-19-21)20-10-8-18-9-11-20/h1-7,12-13,18H,8-11H2. The molecule has 21 heavy (non-hydrogen) atoms. The Balaban J connectivity index is 1.79. The number of hydrogen-bond acceptors (Lipinski definition) is 3. The minimum absolute atomic E-state index is 1.05. The normalized spacial score (nSPS) is 15.5. The monoisotopic (exact) mass is 278 g/mol. The van der Waals surface area contributed by atoms with Crippen molar-refractivity contribution in [3.8, 4) is 5.69 Å². The van der Waals surface area contributed by atoms with Crippen LogP contribution in [0.4, 0.5) is 5.69 Å². The largest absolute Gasteiger partial charge is 0.369 e. The van der Waals surface area contributed by atoms with Crippen molar-refractivity contribution in [1.82, 2.24) is 15.1 Å². The van der Waals surface area contributed by atoms with Crippen LogP contribution in [0.5, 0.6) is 0 Å². The van der Waals surface area contributed by atoms with Crippen molar-refractivity contribution in [3.63, 3.8) is 0 Å². The van der Waals surface area contributed by atoms with E-state index in [0.29, 0.717) is 0 Å². The van der Waals surface area contributed by atoms with E-state index < -0.39 is 0 Å². The second kappa shape index (κ2) is 5.22. The fourth-order valence-electron chi connectivity index (χ4n) is 2.90. The first-order valence-corrected chi connectivity index (χ1v) is 7.41. The summed E-state index contributed by atoms with van der Waals surface area (Å²) in [5.74, 6) is 0. The topological polar surface area (TPSA) is 33.1 Å². The van der Waals surface area contributed by atoms with E-state index in [-0.39, 0.29) is 0 Å². The van der Waals surface area contributed by atoms with Gasteiger partial charge in [0.1, 0.15) is 0 Å². The number of anilines is 1. The summed E-state index contributed by atoms with van der Waals surface area (Å²) in [6, 6.07) is 16.9. The summed E-state index contributed by atoms with van der Waals surface area (Å²) in [6.07, 6.45) is 1.93. The molecule has 4 heteroatoms. The Morgan fingerprint density at radius 1 is 0.905 bits per heavy atom.